The fraction of sp³-hybridized carbons (Fsp3) is 0.238. The van der Waals surface area contributed by atoms with Crippen molar-refractivity contribution in [1.82, 2.24) is 10.2 Å². The first kappa shape index (κ1) is 17.7. The summed E-state index contributed by atoms with van der Waals surface area (Å²) in [5.41, 5.74) is 6.80. The molecular formula is C21H18ClIN2O. The van der Waals surface area contributed by atoms with E-state index in [9.17, 15) is 0 Å². The van der Waals surface area contributed by atoms with Crippen molar-refractivity contribution in [3.63, 3.8) is 0 Å². The van der Waals surface area contributed by atoms with Crippen LogP contribution in [-0.4, -0.2) is 10.2 Å². The molecule has 0 atom stereocenters. The van der Waals surface area contributed by atoms with Crippen molar-refractivity contribution in [2.45, 2.75) is 33.1 Å². The number of hydrogen-bond acceptors (Lipinski definition) is 3. The van der Waals surface area contributed by atoms with E-state index in [0.717, 1.165) is 44.6 Å². The number of nitrogens with zero attached hydrogens (tertiary/aromatic N) is 2. The molecule has 132 valence electrons. The second-order valence-electron chi connectivity index (χ2n) is 6.66. The molecule has 0 saturated heterocycles. The number of rotatable bonds is 2. The first-order chi connectivity index (χ1) is 12.5. The Morgan fingerprint density at radius 2 is 1.77 bits per heavy atom. The van der Waals surface area contributed by atoms with Gasteiger partial charge in [-0.15, -0.1) is 10.2 Å². The van der Waals surface area contributed by atoms with Crippen molar-refractivity contribution in [1.29, 1.82) is 0 Å². The Balaban J connectivity index is 1.78. The van der Waals surface area contributed by atoms with Gasteiger partial charge in [0, 0.05) is 14.7 Å². The van der Waals surface area contributed by atoms with Crippen LogP contribution in [0.15, 0.2) is 40.8 Å². The summed E-state index contributed by atoms with van der Waals surface area (Å²) in [7, 11) is 0. The lowest BCUT2D eigenvalue weighted by molar-refractivity contribution is 0.549. The number of halogens is 2. The zero-order valence-electron chi connectivity index (χ0n) is 14.6. The van der Waals surface area contributed by atoms with Crippen LogP contribution < -0.4 is 0 Å². The highest BCUT2D eigenvalue weighted by atomic mass is 127. The molecule has 2 aromatic carbocycles. The van der Waals surface area contributed by atoms with Crippen LogP contribution in [0.4, 0.5) is 0 Å². The number of benzene rings is 2. The van der Waals surface area contributed by atoms with Crippen molar-refractivity contribution >= 4 is 44.8 Å². The molecule has 3 nitrogen and oxygen atoms in total. The highest BCUT2D eigenvalue weighted by molar-refractivity contribution is 14.1. The van der Waals surface area contributed by atoms with Gasteiger partial charge in [0.2, 0.25) is 11.8 Å². The second kappa shape index (κ2) is 7.16. The minimum absolute atomic E-state index is 0.523. The third-order valence-corrected chi connectivity index (χ3v) is 5.95. The standard InChI is InChI=1S/C21H18ClIN2O/c1-12-9-14-5-4-8-17(19(22)18(14)10-13(12)2)21-25-24-20(26-21)15-6-3-7-16(23)11-15/h3,6-7,9-11H,4-5,8H2,1-2H3. The first-order valence-corrected chi connectivity index (χ1v) is 10.1. The molecule has 0 amide bonds. The summed E-state index contributed by atoms with van der Waals surface area (Å²) in [5.74, 6) is 1.05. The molecule has 4 rings (SSSR count). The summed E-state index contributed by atoms with van der Waals surface area (Å²) in [4.78, 5) is 0. The number of allylic oxidation sites excluding steroid dienone is 1. The van der Waals surface area contributed by atoms with Gasteiger partial charge in [-0.1, -0.05) is 23.7 Å². The van der Waals surface area contributed by atoms with E-state index in [2.05, 4.69) is 58.8 Å². The molecule has 3 aromatic rings. The minimum Gasteiger partial charge on any atom is -0.416 e. The van der Waals surface area contributed by atoms with Crippen molar-refractivity contribution in [3.8, 4) is 11.5 Å². The maximum absolute atomic E-state index is 6.81. The summed E-state index contributed by atoms with van der Waals surface area (Å²) < 4.78 is 7.12. The van der Waals surface area contributed by atoms with E-state index >= 15 is 0 Å². The van der Waals surface area contributed by atoms with Gasteiger partial charge in [0.05, 0.1) is 5.03 Å². The molecule has 26 heavy (non-hydrogen) atoms. The van der Waals surface area contributed by atoms with E-state index in [1.807, 2.05) is 24.3 Å². The Bertz CT molecular complexity index is 1020. The fourth-order valence-corrected chi connectivity index (χ4v) is 4.19. The predicted molar refractivity (Wildman–Crippen MR) is 114 cm³/mol. The summed E-state index contributed by atoms with van der Waals surface area (Å²) in [6.45, 7) is 4.26. The molecule has 0 radical (unpaired) electrons. The van der Waals surface area contributed by atoms with E-state index in [-0.39, 0.29) is 0 Å². The molecule has 1 aromatic heterocycles. The van der Waals surface area contributed by atoms with Crippen LogP contribution >= 0.6 is 34.2 Å². The van der Waals surface area contributed by atoms with Crippen molar-refractivity contribution < 1.29 is 4.42 Å². The van der Waals surface area contributed by atoms with Gasteiger partial charge in [0.25, 0.3) is 0 Å². The Morgan fingerprint density at radius 3 is 2.58 bits per heavy atom. The maximum Gasteiger partial charge on any atom is 0.248 e. The molecule has 0 N–H and O–H groups in total. The Morgan fingerprint density at radius 1 is 1.00 bits per heavy atom. The van der Waals surface area contributed by atoms with E-state index in [4.69, 9.17) is 16.0 Å². The van der Waals surface area contributed by atoms with Crippen LogP contribution in [-0.2, 0) is 6.42 Å². The summed E-state index contributed by atoms with van der Waals surface area (Å²) >= 11 is 9.08. The van der Waals surface area contributed by atoms with Crippen LogP contribution in [0.25, 0.3) is 22.1 Å². The highest BCUT2D eigenvalue weighted by Crippen LogP contribution is 2.39. The van der Waals surface area contributed by atoms with Gasteiger partial charge in [0.1, 0.15) is 0 Å². The van der Waals surface area contributed by atoms with E-state index in [0.29, 0.717) is 11.8 Å². The van der Waals surface area contributed by atoms with E-state index in [1.165, 1.54) is 16.7 Å². The third kappa shape index (κ3) is 3.32. The number of aryl methyl sites for hydroxylation is 3. The van der Waals surface area contributed by atoms with Gasteiger partial charge in [0.15, 0.2) is 0 Å². The molecule has 0 fully saturated rings. The fourth-order valence-electron chi connectivity index (χ4n) is 3.30. The molecule has 1 heterocycles. The molecule has 5 heteroatoms. The molecule has 0 saturated carbocycles. The van der Waals surface area contributed by atoms with Crippen LogP contribution in [0.3, 0.4) is 0 Å². The summed E-state index contributed by atoms with van der Waals surface area (Å²) in [5, 5.41) is 9.27. The van der Waals surface area contributed by atoms with Crippen LogP contribution in [0.1, 0.15) is 41.0 Å². The van der Waals surface area contributed by atoms with Gasteiger partial charge in [-0.25, -0.2) is 0 Å². The normalized spacial score (nSPS) is 14.3. The summed E-state index contributed by atoms with van der Waals surface area (Å²) in [6, 6.07) is 12.5. The smallest absolute Gasteiger partial charge is 0.248 e. The third-order valence-electron chi connectivity index (χ3n) is 4.85. The molecule has 0 unspecified atom stereocenters. The molecule has 0 bridgehead atoms. The molecule has 0 aliphatic heterocycles. The Labute approximate surface area is 171 Å². The Kier molecular flexibility index (Phi) is 4.88. The lowest BCUT2D eigenvalue weighted by Crippen LogP contribution is -1.93. The van der Waals surface area contributed by atoms with Gasteiger partial charge < -0.3 is 4.42 Å². The zero-order chi connectivity index (χ0) is 18.3. The lowest BCUT2D eigenvalue weighted by atomic mass is 9.98. The monoisotopic (exact) mass is 476 g/mol. The van der Waals surface area contributed by atoms with Crippen LogP contribution in [0.5, 0.6) is 0 Å². The van der Waals surface area contributed by atoms with Crippen molar-refractivity contribution in [2.24, 2.45) is 0 Å². The molecular weight excluding hydrogens is 459 g/mol. The summed E-state index contributed by atoms with van der Waals surface area (Å²) in [6.07, 6.45) is 2.86. The van der Waals surface area contributed by atoms with E-state index < -0.39 is 0 Å². The van der Waals surface area contributed by atoms with Gasteiger partial charge in [-0.3, -0.25) is 0 Å². The average molecular weight is 477 g/mol. The number of aromatic nitrogens is 2. The molecule has 0 spiro atoms. The molecule has 1 aliphatic rings. The van der Waals surface area contributed by atoms with Crippen molar-refractivity contribution in [2.75, 3.05) is 0 Å². The topological polar surface area (TPSA) is 38.9 Å². The second-order valence-corrected chi connectivity index (χ2v) is 8.29. The average Bonchev–Trinajstić information content (AvgIpc) is 3.05. The Hall–Kier alpha value is -1.66. The van der Waals surface area contributed by atoms with Crippen molar-refractivity contribution in [3.05, 3.63) is 68.1 Å². The van der Waals surface area contributed by atoms with Crippen LogP contribution in [0.2, 0.25) is 0 Å². The first-order valence-electron chi connectivity index (χ1n) is 8.62. The largest absolute Gasteiger partial charge is 0.416 e. The quantitative estimate of drug-likeness (QED) is 0.402. The van der Waals surface area contributed by atoms with Gasteiger partial charge >= 0.3 is 0 Å². The minimum atomic E-state index is 0.523. The van der Waals surface area contributed by atoms with Crippen LogP contribution in [0, 0.1) is 17.4 Å². The zero-order valence-corrected chi connectivity index (χ0v) is 17.6. The lowest BCUT2D eigenvalue weighted by Gasteiger charge is -2.10. The molecule has 1 aliphatic carbocycles. The van der Waals surface area contributed by atoms with Gasteiger partial charge in [-0.05, 0) is 102 Å². The SMILES string of the molecule is Cc1cc2c(cc1C)C(Cl)=C(c1nnc(-c3cccc(I)c3)o1)CCC2. The van der Waals surface area contributed by atoms with Gasteiger partial charge in [-0.2, -0.15) is 0 Å². The van der Waals surface area contributed by atoms with E-state index in [1.54, 1.807) is 0 Å². The highest BCUT2D eigenvalue weighted by Gasteiger charge is 2.22. The number of fused-ring (bicyclic) bond motifs is 1. The number of hydrogen-bond donors (Lipinski definition) is 0. The maximum atomic E-state index is 6.81. The predicted octanol–water partition coefficient (Wildman–Crippen LogP) is 6.40.